The van der Waals surface area contributed by atoms with E-state index < -0.39 is 0 Å². The summed E-state index contributed by atoms with van der Waals surface area (Å²) in [6.07, 6.45) is 7.14. The molecule has 0 radical (unpaired) electrons. The van der Waals surface area contributed by atoms with E-state index in [1.165, 1.54) is 11.0 Å². The van der Waals surface area contributed by atoms with E-state index in [2.05, 4.69) is 21.4 Å². The smallest absolute Gasteiger partial charge is 0.112 e. The molecule has 0 atom stereocenters. The van der Waals surface area contributed by atoms with Crippen molar-refractivity contribution in [2.24, 2.45) is 4.99 Å². The number of aliphatic imine (C=N–C) groups is 1. The summed E-state index contributed by atoms with van der Waals surface area (Å²) in [5, 5.41) is 5.67. The maximum atomic E-state index is 4.28. The number of nitrogens with one attached hydrogen (secondary N) is 2. The molecule has 2 aliphatic heterocycles. The van der Waals surface area contributed by atoms with Gasteiger partial charge in [0.2, 0.25) is 0 Å². The molecular weight excluding hydrogens is 150 g/mol. The number of rotatable bonds is 0. The SMILES string of the molecule is C1=Nc2c3c([nH]c2=C1)=CCCN3. The number of hydrogen-bond donors (Lipinski definition) is 2. The third kappa shape index (κ3) is 0.630. The van der Waals surface area contributed by atoms with Gasteiger partial charge in [0, 0.05) is 12.8 Å². The molecule has 0 bridgehead atoms. The molecule has 12 heavy (non-hydrogen) atoms. The van der Waals surface area contributed by atoms with Crippen molar-refractivity contribution < 1.29 is 0 Å². The van der Waals surface area contributed by atoms with Crippen molar-refractivity contribution in [3.05, 3.63) is 10.7 Å². The lowest BCUT2D eigenvalue weighted by Gasteiger charge is -2.07. The molecule has 60 valence electrons. The first kappa shape index (κ1) is 6.06. The van der Waals surface area contributed by atoms with Gasteiger partial charge in [0.25, 0.3) is 0 Å². The molecule has 3 nitrogen and oxygen atoms in total. The first-order valence-electron chi connectivity index (χ1n) is 4.15. The van der Waals surface area contributed by atoms with E-state index in [1.54, 1.807) is 0 Å². The molecule has 0 amide bonds. The van der Waals surface area contributed by atoms with Crippen molar-refractivity contribution >= 4 is 29.7 Å². The number of fused-ring (bicyclic) bond motifs is 3. The predicted octanol–water partition coefficient (Wildman–Crippen LogP) is 0.107. The highest BCUT2D eigenvalue weighted by atomic mass is 15.0. The maximum Gasteiger partial charge on any atom is 0.112 e. The lowest BCUT2D eigenvalue weighted by atomic mass is 10.2. The molecule has 1 aromatic heterocycles. The molecule has 0 saturated heterocycles. The quantitative estimate of drug-likeness (QED) is 0.554. The van der Waals surface area contributed by atoms with Crippen LogP contribution in [0.5, 0.6) is 0 Å². The maximum absolute atomic E-state index is 4.28. The number of aromatic amines is 1. The lowest BCUT2D eigenvalue weighted by molar-refractivity contribution is 1.06. The van der Waals surface area contributed by atoms with Gasteiger partial charge in [0.05, 0.1) is 16.4 Å². The monoisotopic (exact) mass is 159 g/mol. The summed E-state index contributed by atoms with van der Waals surface area (Å²) < 4.78 is 0. The third-order valence-corrected chi connectivity index (χ3v) is 2.27. The molecule has 0 unspecified atom stereocenters. The van der Waals surface area contributed by atoms with E-state index in [1.807, 2.05) is 12.3 Å². The molecule has 0 aromatic carbocycles. The fourth-order valence-electron chi connectivity index (χ4n) is 1.72. The van der Waals surface area contributed by atoms with Gasteiger partial charge >= 0.3 is 0 Å². The van der Waals surface area contributed by atoms with Gasteiger partial charge in [-0.2, -0.15) is 0 Å². The van der Waals surface area contributed by atoms with Crippen molar-refractivity contribution in [1.29, 1.82) is 0 Å². The van der Waals surface area contributed by atoms with Gasteiger partial charge in [-0.05, 0) is 12.5 Å². The molecule has 2 N–H and O–H groups in total. The van der Waals surface area contributed by atoms with E-state index in [4.69, 9.17) is 0 Å². The Kier molecular flexibility index (Phi) is 1.01. The molecule has 0 fully saturated rings. The molecule has 1 aromatic rings. The molecule has 2 aliphatic rings. The zero-order chi connectivity index (χ0) is 7.97. The van der Waals surface area contributed by atoms with Crippen LogP contribution in [0.4, 0.5) is 11.4 Å². The molecule has 3 rings (SSSR count). The van der Waals surface area contributed by atoms with E-state index in [9.17, 15) is 0 Å². The second-order valence-corrected chi connectivity index (χ2v) is 3.04. The van der Waals surface area contributed by atoms with Crippen LogP contribution in [0.1, 0.15) is 6.42 Å². The van der Waals surface area contributed by atoms with E-state index >= 15 is 0 Å². The Morgan fingerprint density at radius 3 is 3.33 bits per heavy atom. The van der Waals surface area contributed by atoms with Crippen LogP contribution in [0.2, 0.25) is 0 Å². The molecular formula is C9H9N3. The topological polar surface area (TPSA) is 40.2 Å². The number of hydrogen-bond acceptors (Lipinski definition) is 2. The lowest BCUT2D eigenvalue weighted by Crippen LogP contribution is -2.18. The molecule has 3 heteroatoms. The van der Waals surface area contributed by atoms with Gasteiger partial charge in [0.1, 0.15) is 5.69 Å². The Labute approximate surface area is 69.5 Å². The highest BCUT2D eigenvalue weighted by Crippen LogP contribution is 2.19. The summed E-state index contributed by atoms with van der Waals surface area (Å²) in [5.41, 5.74) is 2.24. The van der Waals surface area contributed by atoms with Crippen LogP contribution in [0.15, 0.2) is 4.99 Å². The molecule has 0 aliphatic carbocycles. The summed E-state index contributed by atoms with van der Waals surface area (Å²) in [6.45, 7) is 1.02. The van der Waals surface area contributed by atoms with Gasteiger partial charge in [-0.15, -0.1) is 0 Å². The molecule has 0 spiro atoms. The molecule has 0 saturated carbocycles. The zero-order valence-corrected chi connectivity index (χ0v) is 6.59. The standard InChI is InChI=1S/C9H9N3/c1-2-6-8(10-4-1)9-7(12-6)3-5-11-9/h2-3,5,10,12H,1,4H2. The fraction of sp³-hybridized carbons (Fsp3) is 0.222. The van der Waals surface area contributed by atoms with Crippen molar-refractivity contribution in [2.75, 3.05) is 11.9 Å². The Balaban J connectivity index is 2.44. The van der Waals surface area contributed by atoms with Crippen LogP contribution in [0.3, 0.4) is 0 Å². The van der Waals surface area contributed by atoms with Gasteiger partial charge in [-0.25, -0.2) is 0 Å². The highest BCUT2D eigenvalue weighted by Gasteiger charge is 2.11. The number of nitrogens with zero attached hydrogens (tertiary/aromatic N) is 1. The van der Waals surface area contributed by atoms with Crippen molar-refractivity contribution in [3.63, 3.8) is 0 Å². The first-order chi connectivity index (χ1) is 5.95. The fourth-order valence-corrected chi connectivity index (χ4v) is 1.72. The van der Waals surface area contributed by atoms with Gasteiger partial charge in [-0.3, -0.25) is 4.99 Å². The van der Waals surface area contributed by atoms with Crippen LogP contribution < -0.4 is 16.0 Å². The summed E-state index contributed by atoms with van der Waals surface area (Å²) in [5.74, 6) is 0. The number of H-pyrrole nitrogens is 1. The minimum atomic E-state index is 1.02. The normalized spacial score (nSPS) is 17.3. The van der Waals surface area contributed by atoms with Crippen LogP contribution in [0.25, 0.3) is 12.2 Å². The largest absolute Gasteiger partial charge is 0.381 e. The van der Waals surface area contributed by atoms with Crippen LogP contribution in [-0.4, -0.2) is 17.7 Å². The second-order valence-electron chi connectivity index (χ2n) is 3.04. The van der Waals surface area contributed by atoms with Crippen LogP contribution in [0, 0.1) is 0 Å². The van der Waals surface area contributed by atoms with Crippen molar-refractivity contribution in [3.8, 4) is 0 Å². The summed E-state index contributed by atoms with van der Waals surface area (Å²) in [6, 6.07) is 0. The van der Waals surface area contributed by atoms with Crippen molar-refractivity contribution in [1.82, 2.24) is 4.98 Å². The predicted molar refractivity (Wildman–Crippen MR) is 50.2 cm³/mol. The first-order valence-corrected chi connectivity index (χ1v) is 4.15. The zero-order valence-electron chi connectivity index (χ0n) is 6.59. The average Bonchev–Trinajstić information content (AvgIpc) is 2.62. The Hall–Kier alpha value is -1.51. The van der Waals surface area contributed by atoms with Gasteiger partial charge in [-0.1, -0.05) is 6.08 Å². The Morgan fingerprint density at radius 2 is 2.33 bits per heavy atom. The van der Waals surface area contributed by atoms with Crippen LogP contribution in [-0.2, 0) is 0 Å². The van der Waals surface area contributed by atoms with Gasteiger partial charge < -0.3 is 10.3 Å². The minimum Gasteiger partial charge on any atom is -0.381 e. The second kappa shape index (κ2) is 2.00. The minimum absolute atomic E-state index is 1.02. The molecule has 3 heterocycles. The highest BCUT2D eigenvalue weighted by molar-refractivity contribution is 5.98. The Morgan fingerprint density at radius 1 is 1.33 bits per heavy atom. The Bertz CT molecular complexity index is 465. The van der Waals surface area contributed by atoms with Crippen LogP contribution >= 0.6 is 0 Å². The van der Waals surface area contributed by atoms with E-state index in [0.29, 0.717) is 0 Å². The number of anilines is 1. The number of aromatic nitrogens is 1. The van der Waals surface area contributed by atoms with Crippen molar-refractivity contribution in [2.45, 2.75) is 6.42 Å². The van der Waals surface area contributed by atoms with E-state index in [-0.39, 0.29) is 0 Å². The summed E-state index contributed by atoms with van der Waals surface area (Å²) in [4.78, 5) is 7.59. The van der Waals surface area contributed by atoms with Gasteiger partial charge in [0.15, 0.2) is 0 Å². The average molecular weight is 159 g/mol. The van der Waals surface area contributed by atoms with E-state index in [0.717, 1.165) is 24.0 Å². The summed E-state index contributed by atoms with van der Waals surface area (Å²) in [7, 11) is 0. The summed E-state index contributed by atoms with van der Waals surface area (Å²) >= 11 is 0. The third-order valence-electron chi connectivity index (χ3n) is 2.27.